The molecule has 0 aliphatic carbocycles. The zero-order valence-corrected chi connectivity index (χ0v) is 17.9. The Labute approximate surface area is 176 Å². The molecule has 8 heteroatoms. The first-order chi connectivity index (χ1) is 12.5. The average molecular weight is 486 g/mol. The molecular formula is C19H27IN4O3. The summed E-state index contributed by atoms with van der Waals surface area (Å²) >= 11 is 0. The summed E-state index contributed by atoms with van der Waals surface area (Å²) < 4.78 is 5.03. The van der Waals surface area contributed by atoms with Gasteiger partial charge in [0.1, 0.15) is 5.60 Å². The number of nitrogens with one attached hydrogen (secondary N) is 3. The van der Waals surface area contributed by atoms with Crippen molar-refractivity contribution in [1.82, 2.24) is 16.0 Å². The third kappa shape index (κ3) is 7.59. The highest BCUT2D eigenvalue weighted by Gasteiger charge is 2.22. The summed E-state index contributed by atoms with van der Waals surface area (Å²) in [6.07, 6.45) is 1.46. The van der Waals surface area contributed by atoms with Crippen molar-refractivity contribution in [2.75, 3.05) is 26.2 Å². The lowest BCUT2D eigenvalue weighted by Gasteiger charge is -2.22. The topological polar surface area (TPSA) is 98.9 Å². The molecule has 0 radical (unpaired) electrons. The van der Waals surface area contributed by atoms with Crippen molar-refractivity contribution in [2.24, 2.45) is 4.99 Å². The SMILES string of the molecule is CCNC(=NCC(C)(O)c1ccccc1)NCCNC(=O)c1ccco1.I. The quantitative estimate of drug-likeness (QED) is 0.198. The van der Waals surface area contributed by atoms with Gasteiger partial charge in [-0.25, -0.2) is 4.99 Å². The van der Waals surface area contributed by atoms with Crippen LogP contribution in [0, 0.1) is 0 Å². The van der Waals surface area contributed by atoms with E-state index in [-0.39, 0.29) is 42.2 Å². The molecule has 0 bridgehead atoms. The van der Waals surface area contributed by atoms with Gasteiger partial charge in [-0.2, -0.15) is 0 Å². The van der Waals surface area contributed by atoms with Crippen LogP contribution in [0.4, 0.5) is 0 Å². The maximum Gasteiger partial charge on any atom is 0.287 e. The van der Waals surface area contributed by atoms with E-state index in [9.17, 15) is 9.90 Å². The first-order valence-electron chi connectivity index (χ1n) is 8.64. The van der Waals surface area contributed by atoms with Crippen LogP contribution in [-0.2, 0) is 5.60 Å². The van der Waals surface area contributed by atoms with Gasteiger partial charge in [0.15, 0.2) is 11.7 Å². The molecule has 0 aliphatic heterocycles. The van der Waals surface area contributed by atoms with Crippen molar-refractivity contribution in [3.05, 3.63) is 60.1 Å². The second-order valence-electron chi connectivity index (χ2n) is 6.00. The van der Waals surface area contributed by atoms with E-state index in [0.29, 0.717) is 25.6 Å². The Balaban J connectivity index is 0.00000364. The van der Waals surface area contributed by atoms with Crippen LogP contribution in [-0.4, -0.2) is 43.2 Å². The van der Waals surface area contributed by atoms with E-state index < -0.39 is 5.60 Å². The molecule has 1 aromatic heterocycles. The van der Waals surface area contributed by atoms with Crippen LogP contribution in [0.15, 0.2) is 58.1 Å². The molecule has 4 N–H and O–H groups in total. The number of aliphatic imine (C=N–C) groups is 1. The van der Waals surface area contributed by atoms with Crippen LogP contribution in [0.1, 0.15) is 30.0 Å². The van der Waals surface area contributed by atoms with E-state index in [1.54, 1.807) is 19.1 Å². The maximum atomic E-state index is 11.8. The van der Waals surface area contributed by atoms with Gasteiger partial charge >= 0.3 is 0 Å². The van der Waals surface area contributed by atoms with Gasteiger partial charge < -0.3 is 25.5 Å². The van der Waals surface area contributed by atoms with Crippen molar-refractivity contribution in [3.8, 4) is 0 Å². The number of hydrogen-bond acceptors (Lipinski definition) is 4. The van der Waals surface area contributed by atoms with Gasteiger partial charge in [0.25, 0.3) is 5.91 Å². The molecule has 2 aromatic rings. The number of hydrogen-bond donors (Lipinski definition) is 4. The lowest BCUT2D eigenvalue weighted by atomic mass is 9.96. The molecule has 7 nitrogen and oxygen atoms in total. The van der Waals surface area contributed by atoms with Crippen molar-refractivity contribution >= 4 is 35.8 Å². The molecule has 1 aromatic carbocycles. The van der Waals surface area contributed by atoms with Gasteiger partial charge in [-0.05, 0) is 31.5 Å². The number of nitrogens with zero attached hydrogens (tertiary/aromatic N) is 1. The normalized spacial score (nSPS) is 13.2. The maximum absolute atomic E-state index is 11.8. The standard InChI is InChI=1S/C19H26N4O3.HI/c1-3-20-18(22-12-11-21-17(24)16-10-7-13-26-16)23-14-19(2,25)15-8-5-4-6-9-15;/h4-10,13,25H,3,11-12,14H2,1-2H3,(H,21,24)(H2,20,22,23);1H. The molecule has 1 atom stereocenters. The Morgan fingerprint density at radius 3 is 2.44 bits per heavy atom. The first kappa shape index (κ1) is 23.0. The predicted molar refractivity (Wildman–Crippen MR) is 116 cm³/mol. The molecule has 27 heavy (non-hydrogen) atoms. The summed E-state index contributed by atoms with van der Waals surface area (Å²) in [5.74, 6) is 0.603. The van der Waals surface area contributed by atoms with Crippen molar-refractivity contribution in [3.63, 3.8) is 0 Å². The van der Waals surface area contributed by atoms with E-state index in [0.717, 1.165) is 5.56 Å². The fourth-order valence-electron chi connectivity index (χ4n) is 2.32. The Hall–Kier alpha value is -2.07. The lowest BCUT2D eigenvalue weighted by molar-refractivity contribution is 0.0672. The van der Waals surface area contributed by atoms with Crippen molar-refractivity contribution in [1.29, 1.82) is 0 Å². The summed E-state index contributed by atoms with van der Waals surface area (Å²) in [6, 6.07) is 12.7. The monoisotopic (exact) mass is 486 g/mol. The lowest BCUT2D eigenvalue weighted by Crippen LogP contribution is -2.42. The zero-order valence-electron chi connectivity index (χ0n) is 15.6. The highest BCUT2D eigenvalue weighted by molar-refractivity contribution is 14.0. The summed E-state index contributed by atoms with van der Waals surface area (Å²) in [5, 5.41) is 19.6. The van der Waals surface area contributed by atoms with Crippen LogP contribution < -0.4 is 16.0 Å². The van der Waals surface area contributed by atoms with E-state index in [1.807, 2.05) is 37.3 Å². The highest BCUT2D eigenvalue weighted by atomic mass is 127. The third-order valence-corrected chi connectivity index (χ3v) is 3.73. The molecule has 2 rings (SSSR count). The number of carbonyl (C=O) groups is 1. The largest absolute Gasteiger partial charge is 0.459 e. The van der Waals surface area contributed by atoms with Gasteiger partial charge in [-0.15, -0.1) is 24.0 Å². The van der Waals surface area contributed by atoms with Crippen molar-refractivity contribution < 1.29 is 14.3 Å². The smallest absolute Gasteiger partial charge is 0.287 e. The molecule has 0 aliphatic rings. The van der Waals surface area contributed by atoms with E-state index in [2.05, 4.69) is 20.9 Å². The minimum atomic E-state index is -1.06. The number of guanidine groups is 1. The second kappa shape index (κ2) is 11.6. The molecule has 148 valence electrons. The summed E-state index contributed by atoms with van der Waals surface area (Å²) in [7, 11) is 0. The zero-order chi connectivity index (χ0) is 18.8. The van der Waals surface area contributed by atoms with Crippen molar-refractivity contribution in [2.45, 2.75) is 19.4 Å². The summed E-state index contributed by atoms with van der Waals surface area (Å²) in [4.78, 5) is 16.2. The van der Waals surface area contributed by atoms with E-state index in [1.165, 1.54) is 6.26 Å². The first-order valence-corrected chi connectivity index (χ1v) is 8.64. The fourth-order valence-corrected chi connectivity index (χ4v) is 2.32. The van der Waals surface area contributed by atoms with Crippen LogP contribution in [0.5, 0.6) is 0 Å². The minimum absolute atomic E-state index is 0. The number of amides is 1. The highest BCUT2D eigenvalue weighted by Crippen LogP contribution is 2.20. The number of aliphatic hydroxyl groups is 1. The average Bonchev–Trinajstić information content (AvgIpc) is 3.18. The number of furan rings is 1. The second-order valence-corrected chi connectivity index (χ2v) is 6.00. The number of carbonyl (C=O) groups excluding carboxylic acids is 1. The predicted octanol–water partition coefficient (Wildman–Crippen LogP) is 2.09. The summed E-state index contributed by atoms with van der Waals surface area (Å²) in [6.45, 7) is 5.51. The van der Waals surface area contributed by atoms with Gasteiger partial charge in [-0.3, -0.25) is 4.79 Å². The Morgan fingerprint density at radius 1 is 1.11 bits per heavy atom. The van der Waals surface area contributed by atoms with Gasteiger partial charge in [0.05, 0.1) is 12.8 Å². The van der Waals surface area contributed by atoms with Crippen LogP contribution in [0.3, 0.4) is 0 Å². The number of rotatable bonds is 8. The molecule has 0 saturated carbocycles. The Bertz CT molecular complexity index is 703. The van der Waals surface area contributed by atoms with E-state index in [4.69, 9.17) is 4.42 Å². The Kier molecular flexibility index (Phi) is 9.87. The molecule has 1 heterocycles. The molecule has 0 spiro atoms. The molecule has 0 saturated heterocycles. The molecular weight excluding hydrogens is 459 g/mol. The Morgan fingerprint density at radius 2 is 1.81 bits per heavy atom. The molecule has 0 fully saturated rings. The minimum Gasteiger partial charge on any atom is -0.459 e. The van der Waals surface area contributed by atoms with Crippen LogP contribution in [0.2, 0.25) is 0 Å². The van der Waals surface area contributed by atoms with Crippen LogP contribution >= 0.6 is 24.0 Å². The number of benzene rings is 1. The van der Waals surface area contributed by atoms with Crippen LogP contribution in [0.25, 0.3) is 0 Å². The summed E-state index contributed by atoms with van der Waals surface area (Å²) in [5.41, 5.74) is -0.248. The molecule has 1 unspecified atom stereocenters. The molecule has 1 amide bonds. The van der Waals surface area contributed by atoms with Gasteiger partial charge in [0.2, 0.25) is 0 Å². The number of halogens is 1. The van der Waals surface area contributed by atoms with Gasteiger partial charge in [-0.1, -0.05) is 30.3 Å². The van der Waals surface area contributed by atoms with E-state index >= 15 is 0 Å². The fraction of sp³-hybridized carbons (Fsp3) is 0.368. The van der Waals surface area contributed by atoms with Gasteiger partial charge in [0, 0.05) is 19.6 Å². The third-order valence-electron chi connectivity index (χ3n) is 3.73.